The molecule has 2 aromatic carbocycles. The Morgan fingerprint density at radius 1 is 1.16 bits per heavy atom. The molecular weight excluding hydrogens is 314 g/mol. The summed E-state index contributed by atoms with van der Waals surface area (Å²) in [5.74, 6) is 1.35. The maximum Gasteiger partial charge on any atom is 0.227 e. The second-order valence-corrected chi connectivity index (χ2v) is 6.51. The fourth-order valence-corrected chi connectivity index (χ4v) is 3.23. The molecule has 0 fully saturated rings. The molecule has 25 heavy (non-hydrogen) atoms. The minimum Gasteiger partial charge on any atom is -0.339 e. The number of amides is 1. The Hall–Kier alpha value is -2.95. The quantitative estimate of drug-likeness (QED) is 0.791. The van der Waals surface area contributed by atoms with Gasteiger partial charge in [0.15, 0.2) is 5.82 Å². The van der Waals surface area contributed by atoms with E-state index >= 15 is 0 Å². The number of benzene rings is 2. The van der Waals surface area contributed by atoms with Gasteiger partial charge in [-0.15, -0.1) is 0 Å². The average molecular weight is 333 g/mol. The van der Waals surface area contributed by atoms with E-state index in [1.807, 2.05) is 24.3 Å². The lowest BCUT2D eigenvalue weighted by atomic mass is 9.88. The van der Waals surface area contributed by atoms with Crippen LogP contribution in [-0.2, 0) is 17.6 Å². The highest BCUT2D eigenvalue weighted by Crippen LogP contribution is 2.34. The first kappa shape index (κ1) is 15.6. The molecule has 3 aromatic rings. The average Bonchev–Trinajstić information content (AvgIpc) is 3.04. The van der Waals surface area contributed by atoms with Crippen molar-refractivity contribution in [2.24, 2.45) is 0 Å². The highest BCUT2D eigenvalue weighted by Gasteiger charge is 2.26. The van der Waals surface area contributed by atoms with E-state index in [1.54, 1.807) is 0 Å². The predicted octanol–water partition coefficient (Wildman–Crippen LogP) is 3.64. The third-order valence-corrected chi connectivity index (χ3v) is 4.52. The summed E-state index contributed by atoms with van der Waals surface area (Å²) in [5.41, 5.74) is 4.38. The van der Waals surface area contributed by atoms with Gasteiger partial charge >= 0.3 is 0 Å². The number of nitrogens with zero attached hydrogens (tertiary/aromatic N) is 2. The SMILES string of the molecule is Cc1ccc(Cc2noc(CC3CC(=O)Nc4ccccc43)n2)cc1. The van der Waals surface area contributed by atoms with Crippen molar-refractivity contribution in [3.63, 3.8) is 0 Å². The molecule has 1 atom stereocenters. The van der Waals surface area contributed by atoms with Gasteiger partial charge in [-0.2, -0.15) is 4.98 Å². The highest BCUT2D eigenvalue weighted by molar-refractivity contribution is 5.94. The van der Waals surface area contributed by atoms with Crippen LogP contribution in [0.4, 0.5) is 5.69 Å². The second kappa shape index (κ2) is 6.51. The molecule has 4 rings (SSSR count). The van der Waals surface area contributed by atoms with Crippen LogP contribution in [0.25, 0.3) is 0 Å². The molecule has 0 saturated heterocycles. The number of rotatable bonds is 4. The van der Waals surface area contributed by atoms with E-state index in [4.69, 9.17) is 4.52 Å². The van der Waals surface area contributed by atoms with Crippen LogP contribution in [-0.4, -0.2) is 16.0 Å². The fourth-order valence-electron chi connectivity index (χ4n) is 3.23. The first-order chi connectivity index (χ1) is 12.2. The van der Waals surface area contributed by atoms with Gasteiger partial charge in [-0.1, -0.05) is 53.2 Å². The van der Waals surface area contributed by atoms with Gasteiger partial charge < -0.3 is 9.84 Å². The van der Waals surface area contributed by atoms with Crippen LogP contribution < -0.4 is 5.32 Å². The van der Waals surface area contributed by atoms with Crippen LogP contribution >= 0.6 is 0 Å². The Kier molecular flexibility index (Phi) is 4.06. The molecule has 1 aromatic heterocycles. The number of hydrogen-bond acceptors (Lipinski definition) is 4. The molecule has 5 heteroatoms. The Morgan fingerprint density at radius 2 is 1.96 bits per heavy atom. The van der Waals surface area contributed by atoms with Gasteiger partial charge in [0, 0.05) is 30.9 Å². The van der Waals surface area contributed by atoms with Gasteiger partial charge in [-0.3, -0.25) is 4.79 Å². The maximum atomic E-state index is 11.9. The fraction of sp³-hybridized carbons (Fsp3) is 0.250. The minimum atomic E-state index is 0.0306. The Balaban J connectivity index is 1.50. The van der Waals surface area contributed by atoms with E-state index in [0.29, 0.717) is 31.0 Å². The first-order valence-corrected chi connectivity index (χ1v) is 8.43. The number of anilines is 1. The Bertz CT molecular complexity index is 899. The van der Waals surface area contributed by atoms with Crippen LogP contribution in [0.1, 0.15) is 40.7 Å². The van der Waals surface area contributed by atoms with E-state index in [1.165, 1.54) is 5.56 Å². The van der Waals surface area contributed by atoms with Crippen molar-refractivity contribution in [3.05, 3.63) is 76.9 Å². The molecule has 0 saturated carbocycles. The van der Waals surface area contributed by atoms with E-state index < -0.39 is 0 Å². The number of aryl methyl sites for hydroxylation is 1. The zero-order valence-electron chi connectivity index (χ0n) is 14.0. The standard InChI is InChI=1S/C20H19N3O2/c1-13-6-8-14(9-7-13)10-18-22-20(25-23-18)12-15-11-19(24)21-17-5-3-2-4-16(15)17/h2-9,15H,10-12H2,1H3,(H,21,24). The van der Waals surface area contributed by atoms with Gasteiger partial charge in [0.2, 0.25) is 11.8 Å². The van der Waals surface area contributed by atoms with Crippen LogP contribution in [0.15, 0.2) is 53.1 Å². The summed E-state index contributed by atoms with van der Waals surface area (Å²) in [6.45, 7) is 2.06. The summed E-state index contributed by atoms with van der Waals surface area (Å²) in [6.07, 6.45) is 1.66. The Morgan fingerprint density at radius 3 is 2.80 bits per heavy atom. The van der Waals surface area contributed by atoms with Gasteiger partial charge in [0.1, 0.15) is 0 Å². The number of carbonyl (C=O) groups is 1. The van der Waals surface area contributed by atoms with Crippen LogP contribution in [0, 0.1) is 6.92 Å². The van der Waals surface area contributed by atoms with E-state index in [0.717, 1.165) is 16.8 Å². The Labute approximate surface area is 146 Å². The number of carbonyl (C=O) groups excluding carboxylic acids is 1. The largest absolute Gasteiger partial charge is 0.339 e. The van der Waals surface area contributed by atoms with Gasteiger partial charge in [-0.05, 0) is 24.1 Å². The van der Waals surface area contributed by atoms with E-state index in [-0.39, 0.29) is 11.8 Å². The second-order valence-electron chi connectivity index (χ2n) is 6.51. The summed E-state index contributed by atoms with van der Waals surface area (Å²) >= 11 is 0. The zero-order chi connectivity index (χ0) is 17.2. The lowest BCUT2D eigenvalue weighted by molar-refractivity contribution is -0.116. The molecule has 1 aliphatic heterocycles. The zero-order valence-corrected chi connectivity index (χ0v) is 14.0. The molecule has 0 bridgehead atoms. The molecule has 1 aliphatic rings. The smallest absolute Gasteiger partial charge is 0.227 e. The number of hydrogen-bond donors (Lipinski definition) is 1. The molecule has 0 radical (unpaired) electrons. The van der Waals surface area contributed by atoms with Crippen molar-refractivity contribution in [2.45, 2.75) is 32.1 Å². The maximum absolute atomic E-state index is 11.9. The van der Waals surface area contributed by atoms with Crippen molar-refractivity contribution in [1.29, 1.82) is 0 Å². The first-order valence-electron chi connectivity index (χ1n) is 8.43. The molecule has 0 aliphatic carbocycles. The lowest BCUT2D eigenvalue weighted by Gasteiger charge is -2.24. The number of aromatic nitrogens is 2. The number of para-hydroxylation sites is 1. The van der Waals surface area contributed by atoms with Crippen molar-refractivity contribution in [1.82, 2.24) is 10.1 Å². The molecule has 126 valence electrons. The minimum absolute atomic E-state index is 0.0306. The summed E-state index contributed by atoms with van der Waals surface area (Å²) in [6, 6.07) is 16.2. The summed E-state index contributed by atoms with van der Waals surface area (Å²) < 4.78 is 5.42. The number of fused-ring (bicyclic) bond motifs is 1. The van der Waals surface area contributed by atoms with Crippen LogP contribution in [0.5, 0.6) is 0 Å². The molecule has 1 N–H and O–H groups in total. The monoisotopic (exact) mass is 333 g/mol. The van der Waals surface area contributed by atoms with E-state index in [9.17, 15) is 4.79 Å². The topological polar surface area (TPSA) is 68.0 Å². The normalized spacial score (nSPS) is 16.4. The molecule has 1 unspecified atom stereocenters. The van der Waals surface area contributed by atoms with Gasteiger partial charge in [0.25, 0.3) is 0 Å². The third-order valence-electron chi connectivity index (χ3n) is 4.52. The molecular formula is C20H19N3O2. The van der Waals surface area contributed by atoms with Crippen LogP contribution in [0.2, 0.25) is 0 Å². The van der Waals surface area contributed by atoms with Gasteiger partial charge in [0.05, 0.1) is 0 Å². The molecule has 0 spiro atoms. The summed E-state index contributed by atoms with van der Waals surface area (Å²) in [4.78, 5) is 16.4. The number of nitrogens with one attached hydrogen (secondary N) is 1. The lowest BCUT2D eigenvalue weighted by Crippen LogP contribution is -2.24. The van der Waals surface area contributed by atoms with Crippen molar-refractivity contribution in [3.8, 4) is 0 Å². The molecule has 5 nitrogen and oxygen atoms in total. The van der Waals surface area contributed by atoms with Crippen molar-refractivity contribution in [2.75, 3.05) is 5.32 Å². The van der Waals surface area contributed by atoms with Crippen LogP contribution in [0.3, 0.4) is 0 Å². The predicted molar refractivity (Wildman–Crippen MR) is 94.4 cm³/mol. The highest BCUT2D eigenvalue weighted by atomic mass is 16.5. The third kappa shape index (κ3) is 3.45. The summed E-state index contributed by atoms with van der Waals surface area (Å²) in [7, 11) is 0. The summed E-state index contributed by atoms with van der Waals surface area (Å²) in [5, 5.41) is 7.00. The van der Waals surface area contributed by atoms with E-state index in [2.05, 4.69) is 46.6 Å². The molecule has 2 heterocycles. The van der Waals surface area contributed by atoms with Gasteiger partial charge in [-0.25, -0.2) is 0 Å². The van der Waals surface area contributed by atoms with Crippen molar-refractivity contribution >= 4 is 11.6 Å². The van der Waals surface area contributed by atoms with Crippen molar-refractivity contribution < 1.29 is 9.32 Å². The molecule has 1 amide bonds.